The molecule has 1 atom stereocenters. The van der Waals surface area contributed by atoms with E-state index in [0.29, 0.717) is 12.0 Å². The first kappa shape index (κ1) is 11.7. The van der Waals surface area contributed by atoms with Crippen molar-refractivity contribution in [1.82, 2.24) is 5.32 Å². The maximum atomic E-state index is 3.77. The maximum absolute atomic E-state index is 3.77. The van der Waals surface area contributed by atoms with Gasteiger partial charge >= 0.3 is 0 Å². The molecule has 0 aliphatic heterocycles. The first-order chi connectivity index (χ1) is 5.74. The molecule has 0 aliphatic carbocycles. The zero-order valence-electron chi connectivity index (χ0n) is 8.77. The standard InChI is InChI=1S/C11H23N/c1-5-10(4)8-9-12-11(6-2)7-3/h5,10-12H,1,6-9H2,2-4H3. The molecule has 0 aromatic carbocycles. The highest BCUT2D eigenvalue weighted by Gasteiger charge is 2.01. The quantitative estimate of drug-likeness (QED) is 0.578. The van der Waals surface area contributed by atoms with Crippen LogP contribution in [0.3, 0.4) is 0 Å². The van der Waals surface area contributed by atoms with Crippen molar-refractivity contribution in [3.05, 3.63) is 12.7 Å². The van der Waals surface area contributed by atoms with E-state index in [2.05, 4.69) is 32.7 Å². The Balaban J connectivity index is 3.34. The Labute approximate surface area is 77.2 Å². The van der Waals surface area contributed by atoms with Gasteiger partial charge in [0, 0.05) is 6.04 Å². The molecular weight excluding hydrogens is 146 g/mol. The van der Waals surface area contributed by atoms with Crippen LogP contribution in [0.2, 0.25) is 0 Å². The Kier molecular flexibility index (Phi) is 7.17. The summed E-state index contributed by atoms with van der Waals surface area (Å²) in [4.78, 5) is 0. The van der Waals surface area contributed by atoms with Crippen LogP contribution in [0.5, 0.6) is 0 Å². The van der Waals surface area contributed by atoms with E-state index in [0.717, 1.165) is 6.54 Å². The highest BCUT2D eigenvalue weighted by Crippen LogP contribution is 2.02. The zero-order valence-corrected chi connectivity index (χ0v) is 8.77. The van der Waals surface area contributed by atoms with Crippen molar-refractivity contribution in [3.8, 4) is 0 Å². The lowest BCUT2D eigenvalue weighted by Gasteiger charge is -2.15. The molecule has 0 heterocycles. The Morgan fingerprint density at radius 3 is 2.33 bits per heavy atom. The first-order valence-electron chi connectivity index (χ1n) is 5.10. The third-order valence-corrected chi connectivity index (χ3v) is 2.42. The fraction of sp³-hybridized carbons (Fsp3) is 0.818. The summed E-state index contributed by atoms with van der Waals surface area (Å²) in [5.74, 6) is 0.645. The Hall–Kier alpha value is -0.300. The molecule has 0 fully saturated rings. The predicted molar refractivity (Wildman–Crippen MR) is 56.4 cm³/mol. The molecule has 1 N–H and O–H groups in total. The molecule has 1 unspecified atom stereocenters. The monoisotopic (exact) mass is 169 g/mol. The van der Waals surface area contributed by atoms with Gasteiger partial charge in [0.2, 0.25) is 0 Å². The topological polar surface area (TPSA) is 12.0 Å². The molecule has 72 valence electrons. The van der Waals surface area contributed by atoms with E-state index in [9.17, 15) is 0 Å². The van der Waals surface area contributed by atoms with Crippen molar-refractivity contribution in [1.29, 1.82) is 0 Å². The number of rotatable bonds is 7. The van der Waals surface area contributed by atoms with Gasteiger partial charge in [-0.1, -0.05) is 26.8 Å². The van der Waals surface area contributed by atoms with E-state index >= 15 is 0 Å². The number of allylic oxidation sites excluding steroid dienone is 1. The minimum atomic E-state index is 0.645. The van der Waals surface area contributed by atoms with E-state index in [1.165, 1.54) is 19.3 Å². The van der Waals surface area contributed by atoms with Gasteiger partial charge in [-0.3, -0.25) is 0 Å². The van der Waals surface area contributed by atoms with Crippen molar-refractivity contribution >= 4 is 0 Å². The van der Waals surface area contributed by atoms with Crippen LogP contribution in [0.15, 0.2) is 12.7 Å². The Morgan fingerprint density at radius 2 is 1.92 bits per heavy atom. The molecule has 0 bridgehead atoms. The summed E-state index contributed by atoms with van der Waals surface area (Å²) in [6.07, 6.45) is 5.70. The van der Waals surface area contributed by atoms with Gasteiger partial charge < -0.3 is 5.32 Å². The van der Waals surface area contributed by atoms with E-state index in [-0.39, 0.29) is 0 Å². The molecule has 1 heteroatoms. The lowest BCUT2D eigenvalue weighted by Crippen LogP contribution is -2.29. The second kappa shape index (κ2) is 7.35. The van der Waals surface area contributed by atoms with Crippen molar-refractivity contribution in [2.45, 2.75) is 46.1 Å². The van der Waals surface area contributed by atoms with Gasteiger partial charge in [0.05, 0.1) is 0 Å². The summed E-state index contributed by atoms with van der Waals surface area (Å²) in [5.41, 5.74) is 0. The second-order valence-corrected chi connectivity index (χ2v) is 3.47. The molecule has 0 radical (unpaired) electrons. The van der Waals surface area contributed by atoms with Gasteiger partial charge in [-0.15, -0.1) is 6.58 Å². The second-order valence-electron chi connectivity index (χ2n) is 3.47. The summed E-state index contributed by atoms with van der Waals surface area (Å²) in [7, 11) is 0. The Bertz CT molecular complexity index is 106. The molecule has 0 aromatic rings. The average molecular weight is 169 g/mol. The van der Waals surface area contributed by atoms with Gasteiger partial charge in [0.15, 0.2) is 0 Å². The molecule has 0 rings (SSSR count). The van der Waals surface area contributed by atoms with Crippen LogP contribution in [0.25, 0.3) is 0 Å². The van der Waals surface area contributed by atoms with Crippen LogP contribution in [0.4, 0.5) is 0 Å². The zero-order chi connectivity index (χ0) is 9.40. The van der Waals surface area contributed by atoms with Crippen molar-refractivity contribution in [2.75, 3.05) is 6.54 Å². The van der Waals surface area contributed by atoms with Crippen LogP contribution < -0.4 is 5.32 Å². The van der Waals surface area contributed by atoms with Crippen LogP contribution in [0, 0.1) is 5.92 Å². The molecule has 1 nitrogen and oxygen atoms in total. The normalized spacial score (nSPS) is 13.3. The largest absolute Gasteiger partial charge is 0.314 e. The summed E-state index contributed by atoms with van der Waals surface area (Å²) < 4.78 is 0. The van der Waals surface area contributed by atoms with Crippen molar-refractivity contribution in [2.24, 2.45) is 5.92 Å². The third-order valence-electron chi connectivity index (χ3n) is 2.42. The van der Waals surface area contributed by atoms with Gasteiger partial charge in [0.25, 0.3) is 0 Å². The lowest BCUT2D eigenvalue weighted by molar-refractivity contribution is 0.461. The summed E-state index contributed by atoms with van der Waals surface area (Å²) in [5, 5.41) is 3.54. The molecule has 0 spiro atoms. The molecule has 0 saturated heterocycles. The predicted octanol–water partition coefficient (Wildman–Crippen LogP) is 2.98. The highest BCUT2D eigenvalue weighted by atomic mass is 14.9. The smallest absolute Gasteiger partial charge is 0.00618 e. The molecular formula is C11H23N. The molecule has 0 aliphatic rings. The summed E-state index contributed by atoms with van der Waals surface area (Å²) >= 11 is 0. The SMILES string of the molecule is C=CC(C)CCNC(CC)CC. The minimum absolute atomic E-state index is 0.645. The minimum Gasteiger partial charge on any atom is -0.314 e. The fourth-order valence-electron chi connectivity index (χ4n) is 1.21. The van der Waals surface area contributed by atoms with Crippen molar-refractivity contribution in [3.63, 3.8) is 0 Å². The summed E-state index contributed by atoms with van der Waals surface area (Å²) in [6, 6.07) is 0.710. The van der Waals surface area contributed by atoms with E-state index in [4.69, 9.17) is 0 Å². The lowest BCUT2D eigenvalue weighted by atomic mass is 10.1. The first-order valence-corrected chi connectivity index (χ1v) is 5.10. The third kappa shape index (κ3) is 5.36. The van der Waals surface area contributed by atoms with Crippen LogP contribution in [0.1, 0.15) is 40.0 Å². The van der Waals surface area contributed by atoms with Gasteiger partial charge in [-0.25, -0.2) is 0 Å². The van der Waals surface area contributed by atoms with Gasteiger partial charge in [-0.2, -0.15) is 0 Å². The number of hydrogen-bond donors (Lipinski definition) is 1. The van der Waals surface area contributed by atoms with Crippen LogP contribution in [-0.4, -0.2) is 12.6 Å². The van der Waals surface area contributed by atoms with Crippen molar-refractivity contribution < 1.29 is 0 Å². The molecule has 0 saturated carbocycles. The van der Waals surface area contributed by atoms with E-state index < -0.39 is 0 Å². The van der Waals surface area contributed by atoms with Crippen LogP contribution >= 0.6 is 0 Å². The van der Waals surface area contributed by atoms with Crippen LogP contribution in [-0.2, 0) is 0 Å². The van der Waals surface area contributed by atoms with Gasteiger partial charge in [0.1, 0.15) is 0 Å². The number of nitrogens with one attached hydrogen (secondary N) is 1. The number of hydrogen-bond acceptors (Lipinski definition) is 1. The summed E-state index contributed by atoms with van der Waals surface area (Å²) in [6.45, 7) is 11.6. The molecule has 0 aromatic heterocycles. The highest BCUT2D eigenvalue weighted by molar-refractivity contribution is 4.76. The van der Waals surface area contributed by atoms with Gasteiger partial charge in [-0.05, 0) is 31.7 Å². The van der Waals surface area contributed by atoms with E-state index in [1.54, 1.807) is 0 Å². The Morgan fingerprint density at radius 1 is 1.33 bits per heavy atom. The fourth-order valence-corrected chi connectivity index (χ4v) is 1.21. The average Bonchev–Trinajstić information content (AvgIpc) is 2.12. The molecule has 0 amide bonds. The maximum Gasteiger partial charge on any atom is 0.00618 e. The van der Waals surface area contributed by atoms with E-state index in [1.807, 2.05) is 6.08 Å². The molecule has 12 heavy (non-hydrogen) atoms.